The van der Waals surface area contributed by atoms with Crippen LogP contribution >= 0.6 is 11.3 Å². The third-order valence-corrected chi connectivity index (χ3v) is 3.15. The van der Waals surface area contributed by atoms with Gasteiger partial charge >= 0.3 is 0 Å². The summed E-state index contributed by atoms with van der Waals surface area (Å²) in [7, 11) is 0. The summed E-state index contributed by atoms with van der Waals surface area (Å²) < 4.78 is 3.00. The maximum absolute atomic E-state index is 8.50. The van der Waals surface area contributed by atoms with E-state index in [9.17, 15) is 0 Å². The minimum atomic E-state index is 0.532. The molecule has 0 saturated heterocycles. The van der Waals surface area contributed by atoms with Gasteiger partial charge in [-0.3, -0.25) is 4.40 Å². The first-order chi connectivity index (χ1) is 7.40. The first-order valence-electron chi connectivity index (χ1n) is 4.30. The van der Waals surface area contributed by atoms with Crippen molar-refractivity contribution >= 4 is 32.7 Å². The molecule has 0 saturated carbocycles. The number of fused-ring (bicyclic) bond motifs is 3. The summed E-state index contributed by atoms with van der Waals surface area (Å²) in [5, 5.41) is 19.4. The molecule has 15 heavy (non-hydrogen) atoms. The normalized spacial score (nSPS) is 12.0. The Kier molecular flexibility index (Phi) is 1.69. The van der Waals surface area contributed by atoms with Gasteiger partial charge in [0.1, 0.15) is 6.21 Å². The van der Waals surface area contributed by atoms with E-state index in [-0.39, 0.29) is 0 Å². The number of hydrogen-bond donors (Lipinski definition) is 1. The van der Waals surface area contributed by atoms with Crippen molar-refractivity contribution in [2.24, 2.45) is 5.16 Å². The Morgan fingerprint density at radius 3 is 3.07 bits per heavy atom. The third-order valence-electron chi connectivity index (χ3n) is 2.14. The molecule has 0 atom stereocenters. The lowest BCUT2D eigenvalue weighted by Crippen LogP contribution is -1.91. The summed E-state index contributed by atoms with van der Waals surface area (Å²) in [5.41, 5.74) is 1.03. The van der Waals surface area contributed by atoms with E-state index in [1.807, 2.05) is 28.7 Å². The lowest BCUT2D eigenvalue weighted by molar-refractivity contribution is 0.321. The number of oxime groups is 1. The molecule has 0 aliphatic rings. The summed E-state index contributed by atoms with van der Waals surface area (Å²) >= 11 is 1.55. The predicted molar refractivity (Wildman–Crippen MR) is 57.8 cm³/mol. The zero-order valence-electron chi connectivity index (χ0n) is 7.53. The van der Waals surface area contributed by atoms with E-state index in [0.717, 1.165) is 15.2 Å². The molecular weight excluding hydrogens is 212 g/mol. The number of thiazole rings is 1. The largest absolute Gasteiger partial charge is 0.411 e. The van der Waals surface area contributed by atoms with Crippen LogP contribution in [0.1, 0.15) is 5.82 Å². The molecule has 0 aliphatic heterocycles. The molecule has 2 aromatic heterocycles. The van der Waals surface area contributed by atoms with Gasteiger partial charge in [0.15, 0.2) is 5.82 Å². The van der Waals surface area contributed by atoms with Crippen molar-refractivity contribution in [2.75, 3.05) is 0 Å². The van der Waals surface area contributed by atoms with E-state index >= 15 is 0 Å². The van der Waals surface area contributed by atoms with Crippen LogP contribution in [0, 0.1) is 0 Å². The second kappa shape index (κ2) is 3.03. The van der Waals surface area contributed by atoms with Gasteiger partial charge in [-0.25, -0.2) is 0 Å². The molecule has 74 valence electrons. The lowest BCUT2D eigenvalue weighted by Gasteiger charge is -1.90. The van der Waals surface area contributed by atoms with Crippen LogP contribution in [0.4, 0.5) is 0 Å². The van der Waals surface area contributed by atoms with E-state index in [0.29, 0.717) is 5.82 Å². The zero-order valence-corrected chi connectivity index (χ0v) is 8.35. The number of benzene rings is 1. The van der Waals surface area contributed by atoms with Gasteiger partial charge in [-0.2, -0.15) is 0 Å². The number of aromatic nitrogens is 3. The highest BCUT2D eigenvalue weighted by Crippen LogP contribution is 2.25. The topological polar surface area (TPSA) is 62.8 Å². The standard InChI is InChI=1S/C9H6N4OS/c14-10-5-8-11-12-9-13(8)6-3-1-2-4-7(6)15-9/h1-5,14H. The highest BCUT2D eigenvalue weighted by atomic mass is 32.1. The molecule has 0 unspecified atom stereocenters. The van der Waals surface area contributed by atoms with Gasteiger partial charge in [-0.15, -0.1) is 10.2 Å². The van der Waals surface area contributed by atoms with Crippen LogP contribution in [0.25, 0.3) is 15.2 Å². The predicted octanol–water partition coefficient (Wildman–Crippen LogP) is 1.75. The molecule has 0 radical (unpaired) electrons. The van der Waals surface area contributed by atoms with Crippen molar-refractivity contribution in [1.29, 1.82) is 0 Å². The van der Waals surface area contributed by atoms with Gasteiger partial charge in [-0.1, -0.05) is 28.6 Å². The van der Waals surface area contributed by atoms with Crippen LogP contribution < -0.4 is 0 Å². The molecule has 1 N–H and O–H groups in total. The molecule has 0 aliphatic carbocycles. The van der Waals surface area contributed by atoms with Crippen molar-refractivity contribution in [3.05, 3.63) is 30.1 Å². The van der Waals surface area contributed by atoms with Crippen molar-refractivity contribution in [3.63, 3.8) is 0 Å². The minimum Gasteiger partial charge on any atom is -0.411 e. The van der Waals surface area contributed by atoms with Crippen LogP contribution in [0.2, 0.25) is 0 Å². The SMILES string of the molecule is ON=Cc1nnc2sc3ccccc3n12. The first-order valence-corrected chi connectivity index (χ1v) is 5.12. The Bertz CT molecular complexity index is 654. The third kappa shape index (κ3) is 1.11. The van der Waals surface area contributed by atoms with Crippen molar-refractivity contribution in [1.82, 2.24) is 14.6 Å². The van der Waals surface area contributed by atoms with Gasteiger partial charge in [0.25, 0.3) is 0 Å². The van der Waals surface area contributed by atoms with Gasteiger partial charge in [-0.05, 0) is 12.1 Å². The van der Waals surface area contributed by atoms with Crippen molar-refractivity contribution in [2.45, 2.75) is 0 Å². The molecule has 0 amide bonds. The second-order valence-corrected chi connectivity index (χ2v) is 4.00. The van der Waals surface area contributed by atoms with Crippen LogP contribution in [-0.2, 0) is 0 Å². The Morgan fingerprint density at radius 1 is 1.33 bits per heavy atom. The Balaban J connectivity index is 2.49. The summed E-state index contributed by atoms with van der Waals surface area (Å²) in [6.45, 7) is 0. The minimum absolute atomic E-state index is 0.532. The van der Waals surface area contributed by atoms with Crippen LogP contribution in [0.3, 0.4) is 0 Å². The van der Waals surface area contributed by atoms with Crippen LogP contribution in [0.5, 0.6) is 0 Å². The molecule has 3 aromatic rings. The smallest absolute Gasteiger partial charge is 0.217 e. The summed E-state index contributed by atoms with van der Waals surface area (Å²) in [6, 6.07) is 7.94. The fourth-order valence-corrected chi connectivity index (χ4v) is 2.51. The lowest BCUT2D eigenvalue weighted by atomic mass is 10.3. The molecule has 1 aromatic carbocycles. The monoisotopic (exact) mass is 218 g/mol. The van der Waals surface area contributed by atoms with Gasteiger partial charge < -0.3 is 5.21 Å². The van der Waals surface area contributed by atoms with Crippen molar-refractivity contribution in [3.8, 4) is 0 Å². The summed E-state index contributed by atoms with van der Waals surface area (Å²) in [4.78, 5) is 0.797. The van der Waals surface area contributed by atoms with E-state index < -0.39 is 0 Å². The summed E-state index contributed by atoms with van der Waals surface area (Å²) in [6.07, 6.45) is 1.28. The maximum atomic E-state index is 8.50. The zero-order chi connectivity index (χ0) is 10.3. The van der Waals surface area contributed by atoms with Gasteiger partial charge in [0.2, 0.25) is 4.96 Å². The average molecular weight is 218 g/mol. The molecule has 3 rings (SSSR count). The Morgan fingerprint density at radius 2 is 2.20 bits per heavy atom. The molecule has 5 nitrogen and oxygen atoms in total. The first kappa shape index (κ1) is 8.37. The molecule has 0 fully saturated rings. The number of para-hydroxylation sites is 1. The highest BCUT2D eigenvalue weighted by Gasteiger charge is 2.09. The molecule has 2 heterocycles. The Hall–Kier alpha value is -1.95. The maximum Gasteiger partial charge on any atom is 0.217 e. The quantitative estimate of drug-likeness (QED) is 0.384. The molecule has 6 heteroatoms. The molecule has 0 bridgehead atoms. The van der Waals surface area contributed by atoms with Crippen LogP contribution in [-0.4, -0.2) is 26.0 Å². The van der Waals surface area contributed by atoms with Crippen molar-refractivity contribution < 1.29 is 5.21 Å². The molecule has 0 spiro atoms. The number of nitrogens with zero attached hydrogens (tertiary/aromatic N) is 4. The van der Waals surface area contributed by atoms with Gasteiger partial charge in [0, 0.05) is 0 Å². The van der Waals surface area contributed by atoms with Gasteiger partial charge in [0.05, 0.1) is 10.2 Å². The van der Waals surface area contributed by atoms with E-state index in [1.54, 1.807) is 11.3 Å². The molecular formula is C9H6N4OS. The highest BCUT2D eigenvalue weighted by molar-refractivity contribution is 7.23. The second-order valence-electron chi connectivity index (χ2n) is 2.99. The number of rotatable bonds is 1. The Labute approximate surface area is 88.3 Å². The fourth-order valence-electron chi connectivity index (χ4n) is 1.54. The summed E-state index contributed by atoms with van der Waals surface area (Å²) in [5.74, 6) is 0.532. The van der Waals surface area contributed by atoms with Crippen LogP contribution in [0.15, 0.2) is 29.4 Å². The van der Waals surface area contributed by atoms with E-state index in [4.69, 9.17) is 5.21 Å². The number of hydrogen-bond acceptors (Lipinski definition) is 5. The van der Waals surface area contributed by atoms with E-state index in [2.05, 4.69) is 15.4 Å². The average Bonchev–Trinajstić information content (AvgIpc) is 2.78. The fraction of sp³-hybridized carbons (Fsp3) is 0. The van der Waals surface area contributed by atoms with E-state index in [1.165, 1.54) is 6.21 Å².